The molecule has 32 heavy (non-hydrogen) atoms. The van der Waals surface area contributed by atoms with Crippen LogP contribution in [0.15, 0.2) is 63.4 Å². The Balaban J connectivity index is 1.75. The van der Waals surface area contributed by atoms with Gasteiger partial charge in [0.2, 0.25) is 0 Å². The maximum atomic E-state index is 12.5. The summed E-state index contributed by atoms with van der Waals surface area (Å²) >= 11 is 4.86. The second kappa shape index (κ2) is 9.13. The summed E-state index contributed by atoms with van der Waals surface area (Å²) in [5.74, 6) is 0.775. The molecule has 4 rings (SSSR count). The van der Waals surface area contributed by atoms with Gasteiger partial charge in [0.15, 0.2) is 18.5 Å². The Morgan fingerprint density at radius 3 is 2.53 bits per heavy atom. The lowest BCUT2D eigenvalue weighted by Crippen LogP contribution is -2.28. The van der Waals surface area contributed by atoms with Crippen molar-refractivity contribution >= 4 is 55.6 Å². The Morgan fingerprint density at radius 2 is 1.81 bits per heavy atom. The third kappa shape index (κ3) is 4.71. The number of nitrogens with zero attached hydrogens (tertiary/aromatic N) is 3. The standard InChI is InChI=1S/C23H23N3O2S4/c1-23(2,32(4,27)28)18-12-17-9-6-10-24-20(17)19(13-18)16-8-5-7-15(11-16)14-30-22-26-25-21(29-3)31-22/h5-13H,14H2,1-4H3. The van der Waals surface area contributed by atoms with E-state index in [2.05, 4.69) is 27.3 Å². The van der Waals surface area contributed by atoms with Crippen molar-refractivity contribution in [1.29, 1.82) is 0 Å². The van der Waals surface area contributed by atoms with Gasteiger partial charge in [-0.1, -0.05) is 65.2 Å². The summed E-state index contributed by atoms with van der Waals surface area (Å²) in [7, 11) is -3.31. The minimum Gasteiger partial charge on any atom is -0.256 e. The van der Waals surface area contributed by atoms with Crippen molar-refractivity contribution in [3.05, 3.63) is 65.9 Å². The molecule has 0 fully saturated rings. The fraction of sp³-hybridized carbons (Fsp3) is 0.261. The van der Waals surface area contributed by atoms with E-state index >= 15 is 0 Å². The van der Waals surface area contributed by atoms with Crippen LogP contribution < -0.4 is 0 Å². The number of sulfone groups is 1. The summed E-state index contributed by atoms with van der Waals surface area (Å²) in [5, 5.41) is 9.31. The number of hydrogen-bond acceptors (Lipinski definition) is 8. The van der Waals surface area contributed by atoms with Gasteiger partial charge in [-0.25, -0.2) is 8.42 Å². The molecule has 0 aliphatic rings. The molecular formula is C23H23N3O2S4. The highest BCUT2D eigenvalue weighted by Crippen LogP contribution is 2.37. The van der Waals surface area contributed by atoms with E-state index in [0.29, 0.717) is 0 Å². The fourth-order valence-electron chi connectivity index (χ4n) is 3.29. The zero-order chi connectivity index (χ0) is 22.9. The van der Waals surface area contributed by atoms with Gasteiger partial charge < -0.3 is 0 Å². The molecule has 0 unspecified atom stereocenters. The maximum Gasteiger partial charge on any atom is 0.175 e. The monoisotopic (exact) mass is 501 g/mol. The van der Waals surface area contributed by atoms with Crippen molar-refractivity contribution < 1.29 is 8.42 Å². The van der Waals surface area contributed by atoms with Crippen LogP contribution in [0.3, 0.4) is 0 Å². The van der Waals surface area contributed by atoms with E-state index in [0.717, 1.165) is 47.6 Å². The van der Waals surface area contributed by atoms with Crippen LogP contribution in [-0.2, 0) is 20.3 Å². The number of pyridine rings is 1. The second-order valence-corrected chi connectivity index (χ2v) is 13.7. The molecule has 2 aromatic carbocycles. The van der Waals surface area contributed by atoms with Crippen molar-refractivity contribution in [1.82, 2.24) is 15.2 Å². The van der Waals surface area contributed by atoms with Crippen LogP contribution in [0.4, 0.5) is 0 Å². The van der Waals surface area contributed by atoms with Gasteiger partial charge in [0.05, 0.1) is 10.3 Å². The number of aromatic nitrogens is 3. The largest absolute Gasteiger partial charge is 0.256 e. The first-order valence-corrected chi connectivity index (χ1v) is 14.8. The first-order valence-electron chi connectivity index (χ1n) is 9.87. The van der Waals surface area contributed by atoms with Gasteiger partial charge in [-0.3, -0.25) is 4.98 Å². The molecule has 0 radical (unpaired) electrons. The van der Waals surface area contributed by atoms with E-state index in [1.54, 1.807) is 54.9 Å². The van der Waals surface area contributed by atoms with Crippen molar-refractivity contribution in [3.8, 4) is 11.1 Å². The smallest absolute Gasteiger partial charge is 0.175 e. The Labute approximate surface area is 201 Å². The Bertz CT molecular complexity index is 1380. The molecule has 9 heteroatoms. The average Bonchev–Trinajstić information content (AvgIpc) is 3.24. The van der Waals surface area contributed by atoms with Gasteiger partial charge in [-0.15, -0.1) is 10.2 Å². The molecule has 0 amide bonds. The quantitative estimate of drug-likeness (QED) is 0.286. The molecule has 2 heterocycles. The van der Waals surface area contributed by atoms with E-state index in [1.165, 1.54) is 6.26 Å². The van der Waals surface area contributed by atoms with Crippen LogP contribution in [0.1, 0.15) is 25.0 Å². The summed E-state index contributed by atoms with van der Waals surface area (Å²) in [6.45, 7) is 3.50. The molecule has 2 aromatic heterocycles. The number of benzene rings is 2. The first kappa shape index (κ1) is 23.2. The minimum absolute atomic E-state index is 0.758. The predicted molar refractivity (Wildman–Crippen MR) is 136 cm³/mol. The highest BCUT2D eigenvalue weighted by atomic mass is 32.2. The second-order valence-electron chi connectivity index (χ2n) is 7.91. The molecule has 0 aliphatic heterocycles. The molecule has 0 saturated heterocycles. The summed E-state index contributed by atoms with van der Waals surface area (Å²) in [4.78, 5) is 4.60. The van der Waals surface area contributed by atoms with E-state index in [4.69, 9.17) is 0 Å². The zero-order valence-corrected chi connectivity index (χ0v) is 21.5. The van der Waals surface area contributed by atoms with Crippen LogP contribution in [0.25, 0.3) is 22.0 Å². The average molecular weight is 502 g/mol. The highest BCUT2D eigenvalue weighted by molar-refractivity contribution is 8.02. The van der Waals surface area contributed by atoms with Crippen molar-refractivity contribution in [3.63, 3.8) is 0 Å². The van der Waals surface area contributed by atoms with Gasteiger partial charge in [0.25, 0.3) is 0 Å². The predicted octanol–water partition coefficient (Wildman–Crippen LogP) is 6.05. The molecule has 4 aromatic rings. The molecule has 0 spiro atoms. The van der Waals surface area contributed by atoms with E-state index in [1.807, 2.05) is 42.7 Å². The van der Waals surface area contributed by atoms with Crippen molar-refractivity contribution in [2.45, 2.75) is 33.0 Å². The Morgan fingerprint density at radius 1 is 1.03 bits per heavy atom. The summed E-state index contributed by atoms with van der Waals surface area (Å²) in [6, 6.07) is 16.1. The van der Waals surface area contributed by atoms with Crippen LogP contribution in [0.5, 0.6) is 0 Å². The van der Waals surface area contributed by atoms with Crippen LogP contribution in [-0.4, -0.2) is 36.1 Å². The van der Waals surface area contributed by atoms with Crippen LogP contribution >= 0.6 is 34.9 Å². The molecule has 0 N–H and O–H groups in total. The third-order valence-electron chi connectivity index (χ3n) is 5.49. The van der Waals surface area contributed by atoms with Gasteiger partial charge in [0.1, 0.15) is 0 Å². The SMILES string of the molecule is CSc1nnc(SCc2cccc(-c3cc(C(C)(C)S(C)(=O)=O)cc4cccnc34)c2)s1. The fourth-order valence-corrected chi connectivity index (χ4v) is 6.21. The molecule has 166 valence electrons. The minimum atomic E-state index is -3.31. The summed E-state index contributed by atoms with van der Waals surface area (Å²) in [6.07, 6.45) is 5.05. The van der Waals surface area contributed by atoms with Crippen LogP contribution in [0.2, 0.25) is 0 Å². The molecule has 5 nitrogen and oxygen atoms in total. The molecule has 0 bridgehead atoms. The van der Waals surface area contributed by atoms with Crippen molar-refractivity contribution in [2.75, 3.05) is 12.5 Å². The molecular weight excluding hydrogens is 479 g/mol. The maximum absolute atomic E-state index is 12.5. The van der Waals surface area contributed by atoms with E-state index in [9.17, 15) is 8.42 Å². The molecule has 0 saturated carbocycles. The zero-order valence-electron chi connectivity index (χ0n) is 18.2. The van der Waals surface area contributed by atoms with Gasteiger partial charge in [0, 0.05) is 29.2 Å². The highest BCUT2D eigenvalue weighted by Gasteiger charge is 2.33. The third-order valence-corrected chi connectivity index (χ3v) is 10.7. The Hall–Kier alpha value is -1.94. The van der Waals surface area contributed by atoms with Gasteiger partial charge in [-0.05, 0) is 55.0 Å². The number of thioether (sulfide) groups is 2. The lowest BCUT2D eigenvalue weighted by molar-refractivity contribution is 0.561. The van der Waals surface area contributed by atoms with Gasteiger partial charge >= 0.3 is 0 Å². The summed E-state index contributed by atoms with van der Waals surface area (Å²) < 4.78 is 25.9. The number of hydrogen-bond donors (Lipinski definition) is 0. The number of rotatable bonds is 7. The molecule has 0 aliphatic carbocycles. The lowest BCUT2D eigenvalue weighted by Gasteiger charge is -2.24. The molecule has 0 atom stereocenters. The summed E-state index contributed by atoms with van der Waals surface area (Å²) in [5.41, 5.74) is 4.72. The van der Waals surface area contributed by atoms with E-state index < -0.39 is 14.6 Å². The van der Waals surface area contributed by atoms with Crippen molar-refractivity contribution in [2.24, 2.45) is 0 Å². The lowest BCUT2D eigenvalue weighted by atomic mass is 9.93. The normalized spacial score (nSPS) is 12.4. The topological polar surface area (TPSA) is 72.8 Å². The van der Waals surface area contributed by atoms with Gasteiger partial charge in [-0.2, -0.15) is 0 Å². The Kier molecular flexibility index (Phi) is 6.63. The first-order chi connectivity index (χ1) is 15.2. The number of fused-ring (bicyclic) bond motifs is 1. The van der Waals surface area contributed by atoms with Crippen LogP contribution in [0, 0.1) is 0 Å². The van der Waals surface area contributed by atoms with E-state index in [-0.39, 0.29) is 0 Å².